The third-order valence-corrected chi connectivity index (χ3v) is 2.93. The SMILES string of the molecule is C=Cc1ccc(CCC(O)(C(F)(F)F)C(F)(F)F)cc1. The lowest BCUT2D eigenvalue weighted by Gasteiger charge is -2.32. The number of hydrogen-bond donors (Lipinski definition) is 1. The second kappa shape index (κ2) is 5.47. The van der Waals surface area contributed by atoms with Gasteiger partial charge in [-0.1, -0.05) is 36.9 Å². The molecule has 0 unspecified atom stereocenters. The Morgan fingerprint density at radius 2 is 1.40 bits per heavy atom. The summed E-state index contributed by atoms with van der Waals surface area (Å²) in [5.74, 6) is 0. The average molecular weight is 298 g/mol. The zero-order valence-corrected chi connectivity index (χ0v) is 10.2. The Labute approximate surface area is 111 Å². The Balaban J connectivity index is 2.90. The van der Waals surface area contributed by atoms with Crippen molar-refractivity contribution in [2.24, 2.45) is 0 Å². The number of aryl methyl sites for hydroxylation is 1. The molecule has 7 heteroatoms. The summed E-state index contributed by atoms with van der Waals surface area (Å²) in [7, 11) is 0. The van der Waals surface area contributed by atoms with Gasteiger partial charge in [-0.15, -0.1) is 0 Å². The molecule has 0 radical (unpaired) electrons. The van der Waals surface area contributed by atoms with Crippen molar-refractivity contribution in [3.05, 3.63) is 42.0 Å². The molecule has 1 N–H and O–H groups in total. The molecule has 0 aliphatic carbocycles. The van der Waals surface area contributed by atoms with E-state index in [-0.39, 0.29) is 5.56 Å². The van der Waals surface area contributed by atoms with Gasteiger partial charge in [-0.05, 0) is 24.0 Å². The molecule has 0 saturated heterocycles. The number of benzene rings is 1. The van der Waals surface area contributed by atoms with Crippen LogP contribution in [0.4, 0.5) is 26.3 Å². The molecule has 112 valence electrons. The van der Waals surface area contributed by atoms with Crippen LogP contribution >= 0.6 is 0 Å². The van der Waals surface area contributed by atoms with Crippen LogP contribution < -0.4 is 0 Å². The zero-order chi connectivity index (χ0) is 15.6. The smallest absolute Gasteiger partial charge is 0.374 e. The van der Waals surface area contributed by atoms with Crippen LogP contribution in [-0.4, -0.2) is 23.1 Å². The van der Waals surface area contributed by atoms with Gasteiger partial charge >= 0.3 is 12.4 Å². The van der Waals surface area contributed by atoms with Crippen LogP contribution in [0.3, 0.4) is 0 Å². The molecule has 1 nitrogen and oxygen atoms in total. The van der Waals surface area contributed by atoms with Crippen LogP contribution in [0.1, 0.15) is 17.5 Å². The van der Waals surface area contributed by atoms with E-state index in [1.54, 1.807) is 0 Å². The predicted octanol–water partition coefficient (Wildman–Crippen LogP) is 4.12. The summed E-state index contributed by atoms with van der Waals surface area (Å²) in [5, 5.41) is 8.98. The van der Waals surface area contributed by atoms with Crippen molar-refractivity contribution in [3.8, 4) is 0 Å². The first-order valence-electron chi connectivity index (χ1n) is 5.58. The molecule has 20 heavy (non-hydrogen) atoms. The molecule has 1 rings (SSSR count). The lowest BCUT2D eigenvalue weighted by Crippen LogP contribution is -2.57. The minimum absolute atomic E-state index is 0.266. The highest BCUT2D eigenvalue weighted by molar-refractivity contribution is 5.47. The first-order valence-corrected chi connectivity index (χ1v) is 5.58. The first-order chi connectivity index (χ1) is 9.01. The van der Waals surface area contributed by atoms with Crippen LogP contribution in [0, 0.1) is 0 Å². The highest BCUT2D eigenvalue weighted by Crippen LogP contribution is 2.45. The summed E-state index contributed by atoms with van der Waals surface area (Å²) >= 11 is 0. The Morgan fingerprint density at radius 3 is 1.75 bits per heavy atom. The molecule has 1 aromatic carbocycles. The average Bonchev–Trinajstić information content (AvgIpc) is 2.33. The van der Waals surface area contributed by atoms with E-state index < -0.39 is 30.8 Å². The second-order valence-electron chi connectivity index (χ2n) is 4.30. The first kappa shape index (κ1) is 16.6. The van der Waals surface area contributed by atoms with Crippen LogP contribution in [0.5, 0.6) is 0 Å². The van der Waals surface area contributed by atoms with E-state index in [4.69, 9.17) is 5.11 Å². The normalized spacial score (nSPS) is 13.3. The van der Waals surface area contributed by atoms with Crippen molar-refractivity contribution < 1.29 is 31.4 Å². The molecule has 0 aliphatic rings. The van der Waals surface area contributed by atoms with Crippen molar-refractivity contribution >= 4 is 6.08 Å². The van der Waals surface area contributed by atoms with Gasteiger partial charge in [0, 0.05) is 0 Å². The summed E-state index contributed by atoms with van der Waals surface area (Å²) < 4.78 is 74.6. The molecule has 0 bridgehead atoms. The zero-order valence-electron chi connectivity index (χ0n) is 10.2. The highest BCUT2D eigenvalue weighted by atomic mass is 19.4. The molecule has 0 heterocycles. The minimum atomic E-state index is -5.77. The van der Waals surface area contributed by atoms with Gasteiger partial charge in [0.25, 0.3) is 5.60 Å². The Bertz CT molecular complexity index is 443. The standard InChI is InChI=1S/C13H12F6O/c1-2-9-3-5-10(6-4-9)7-8-11(20,12(14,15)16)13(17,18)19/h2-6,20H,1,7-8H2. The van der Waals surface area contributed by atoms with Gasteiger partial charge in [0.2, 0.25) is 0 Å². The van der Waals surface area contributed by atoms with Crippen molar-refractivity contribution in [3.63, 3.8) is 0 Å². The van der Waals surface area contributed by atoms with E-state index in [1.165, 1.54) is 30.3 Å². The monoisotopic (exact) mass is 298 g/mol. The van der Waals surface area contributed by atoms with E-state index in [9.17, 15) is 26.3 Å². The fraction of sp³-hybridized carbons (Fsp3) is 0.385. The lowest BCUT2D eigenvalue weighted by molar-refractivity contribution is -0.369. The Kier molecular flexibility index (Phi) is 4.53. The summed E-state index contributed by atoms with van der Waals surface area (Å²) in [4.78, 5) is 0. The third kappa shape index (κ3) is 3.33. The van der Waals surface area contributed by atoms with Gasteiger partial charge < -0.3 is 5.11 Å². The van der Waals surface area contributed by atoms with E-state index in [0.717, 1.165) is 0 Å². The molecule has 0 fully saturated rings. The van der Waals surface area contributed by atoms with Gasteiger partial charge in [0.1, 0.15) is 0 Å². The van der Waals surface area contributed by atoms with Gasteiger partial charge in [-0.2, -0.15) is 26.3 Å². The van der Waals surface area contributed by atoms with E-state index in [0.29, 0.717) is 5.56 Å². The van der Waals surface area contributed by atoms with Crippen molar-refractivity contribution in [1.29, 1.82) is 0 Å². The van der Waals surface area contributed by atoms with E-state index >= 15 is 0 Å². The lowest BCUT2D eigenvalue weighted by atomic mass is 9.93. The molecule has 1 aromatic rings. The molecule has 0 atom stereocenters. The van der Waals surface area contributed by atoms with Gasteiger partial charge in [-0.3, -0.25) is 0 Å². The number of halogens is 6. The summed E-state index contributed by atoms with van der Waals surface area (Å²) in [5.41, 5.74) is -3.74. The molecular formula is C13H12F6O. The van der Waals surface area contributed by atoms with Gasteiger partial charge in [0.05, 0.1) is 0 Å². The van der Waals surface area contributed by atoms with Crippen LogP contribution in [0.25, 0.3) is 6.08 Å². The van der Waals surface area contributed by atoms with Crippen LogP contribution in [0.2, 0.25) is 0 Å². The molecule has 0 aliphatic heterocycles. The molecule has 0 saturated carbocycles. The number of alkyl halides is 6. The highest BCUT2D eigenvalue weighted by Gasteiger charge is 2.69. The summed E-state index contributed by atoms with van der Waals surface area (Å²) in [6.07, 6.45) is -12.1. The Morgan fingerprint density at radius 1 is 0.950 bits per heavy atom. The second-order valence-corrected chi connectivity index (χ2v) is 4.30. The summed E-state index contributed by atoms with van der Waals surface area (Å²) in [6, 6.07) is 5.82. The maximum atomic E-state index is 12.4. The van der Waals surface area contributed by atoms with Crippen molar-refractivity contribution in [2.75, 3.05) is 0 Å². The fourth-order valence-corrected chi connectivity index (χ4v) is 1.59. The topological polar surface area (TPSA) is 20.2 Å². The minimum Gasteiger partial charge on any atom is -0.374 e. The molecule has 0 aromatic heterocycles. The quantitative estimate of drug-likeness (QED) is 0.829. The van der Waals surface area contributed by atoms with Crippen LogP contribution in [-0.2, 0) is 6.42 Å². The number of rotatable bonds is 4. The van der Waals surface area contributed by atoms with E-state index in [1.807, 2.05) is 0 Å². The van der Waals surface area contributed by atoms with Crippen molar-refractivity contribution in [2.45, 2.75) is 30.8 Å². The maximum absolute atomic E-state index is 12.4. The van der Waals surface area contributed by atoms with E-state index in [2.05, 4.69) is 6.58 Å². The molecule has 0 amide bonds. The Hall–Kier alpha value is -1.50. The van der Waals surface area contributed by atoms with Crippen molar-refractivity contribution in [1.82, 2.24) is 0 Å². The maximum Gasteiger partial charge on any atom is 0.426 e. The van der Waals surface area contributed by atoms with Gasteiger partial charge in [-0.25, -0.2) is 0 Å². The predicted molar refractivity (Wildman–Crippen MR) is 61.9 cm³/mol. The fourth-order valence-electron chi connectivity index (χ4n) is 1.59. The summed E-state index contributed by atoms with van der Waals surface area (Å²) in [6.45, 7) is 3.47. The van der Waals surface area contributed by atoms with Crippen LogP contribution in [0.15, 0.2) is 30.8 Å². The third-order valence-electron chi connectivity index (χ3n) is 2.93. The number of aliphatic hydroxyl groups is 1. The molecular weight excluding hydrogens is 286 g/mol. The number of hydrogen-bond acceptors (Lipinski definition) is 1. The molecule has 0 spiro atoms. The largest absolute Gasteiger partial charge is 0.426 e. The van der Waals surface area contributed by atoms with Gasteiger partial charge in [0.15, 0.2) is 0 Å².